The fourth-order valence-electron chi connectivity index (χ4n) is 5.63. The van der Waals surface area contributed by atoms with Gasteiger partial charge in [0, 0.05) is 19.1 Å². The summed E-state index contributed by atoms with van der Waals surface area (Å²) in [5.74, 6) is 0.234. The summed E-state index contributed by atoms with van der Waals surface area (Å²) >= 11 is 0. The van der Waals surface area contributed by atoms with Gasteiger partial charge in [0.15, 0.2) is 0 Å². The Morgan fingerprint density at radius 1 is 1.17 bits per heavy atom. The summed E-state index contributed by atoms with van der Waals surface area (Å²) in [4.78, 5) is 28.0. The first-order valence-corrected chi connectivity index (χ1v) is 12.9. The highest BCUT2D eigenvalue weighted by atomic mass is 16.5. The van der Waals surface area contributed by atoms with E-state index in [0.717, 1.165) is 18.4 Å². The van der Waals surface area contributed by atoms with E-state index in [1.165, 1.54) is 11.1 Å². The summed E-state index contributed by atoms with van der Waals surface area (Å²) in [7, 11) is 0. The number of fused-ring (bicyclic) bond motifs is 3. The van der Waals surface area contributed by atoms with Gasteiger partial charge in [-0.1, -0.05) is 30.3 Å². The quantitative estimate of drug-likeness (QED) is 0.519. The van der Waals surface area contributed by atoms with Crippen LogP contribution >= 0.6 is 0 Å². The second kappa shape index (κ2) is 11.0. The second-order valence-electron chi connectivity index (χ2n) is 9.90. The minimum atomic E-state index is -0.723. The van der Waals surface area contributed by atoms with Crippen LogP contribution in [0.4, 0.5) is 0 Å². The zero-order chi connectivity index (χ0) is 25.1. The maximum Gasteiger partial charge on any atom is 0.255 e. The summed E-state index contributed by atoms with van der Waals surface area (Å²) in [5.41, 5.74) is 3.68. The third-order valence-electron chi connectivity index (χ3n) is 7.52. The molecule has 3 aliphatic heterocycles. The number of morpholine rings is 1. The monoisotopic (exact) mass is 493 g/mol. The average Bonchev–Trinajstić information content (AvgIpc) is 3.15. The number of rotatable bonds is 8. The van der Waals surface area contributed by atoms with Crippen LogP contribution in [0.5, 0.6) is 5.75 Å². The Balaban J connectivity index is 1.20. The fourth-order valence-corrected chi connectivity index (χ4v) is 5.63. The van der Waals surface area contributed by atoms with E-state index in [0.29, 0.717) is 44.1 Å². The molecule has 4 atom stereocenters. The Kier molecular flexibility index (Phi) is 7.55. The van der Waals surface area contributed by atoms with Gasteiger partial charge in [0.1, 0.15) is 5.75 Å². The Labute approximate surface area is 212 Å². The van der Waals surface area contributed by atoms with Gasteiger partial charge in [-0.25, -0.2) is 0 Å². The predicted molar refractivity (Wildman–Crippen MR) is 135 cm³/mol. The lowest BCUT2D eigenvalue weighted by atomic mass is 9.93. The van der Waals surface area contributed by atoms with E-state index in [2.05, 4.69) is 22.8 Å². The van der Waals surface area contributed by atoms with E-state index < -0.39 is 6.10 Å². The number of aliphatic hydroxyl groups excluding tert-OH is 1. The number of nitrogens with zero attached hydrogens (tertiary/aromatic N) is 1. The van der Waals surface area contributed by atoms with Gasteiger partial charge in [0.05, 0.1) is 50.0 Å². The Hall–Kier alpha value is -2.94. The molecule has 2 amide bonds. The van der Waals surface area contributed by atoms with Crippen molar-refractivity contribution in [3.63, 3.8) is 0 Å². The molecule has 36 heavy (non-hydrogen) atoms. The standard InChI is InChI=1S/C28H35N3O5/c1-2-36-26-11-18(12-27(33)31-21-8-9-22(31)17-35-16-21)7-10-23(26)28(34)30-15-25(32)24-13-19-5-3-4-6-20(19)14-29-24/h3-7,10-11,21-22,24-25,29,32H,2,8-9,12-17H2,1H3,(H,30,34)/t21?,22?,24-,25?/m0/s1. The predicted octanol–water partition coefficient (Wildman–Crippen LogP) is 1.82. The van der Waals surface area contributed by atoms with Gasteiger partial charge >= 0.3 is 0 Å². The molecule has 0 spiro atoms. The van der Waals surface area contributed by atoms with Crippen LogP contribution in [0, 0.1) is 0 Å². The Morgan fingerprint density at radius 2 is 1.92 bits per heavy atom. The summed E-state index contributed by atoms with van der Waals surface area (Å²) in [5, 5.41) is 16.9. The molecular formula is C28H35N3O5. The van der Waals surface area contributed by atoms with Crippen LogP contribution in [-0.2, 0) is 28.9 Å². The maximum absolute atomic E-state index is 13.0. The van der Waals surface area contributed by atoms with Gasteiger partial charge in [0.2, 0.25) is 5.91 Å². The molecule has 3 aliphatic rings. The largest absolute Gasteiger partial charge is 0.493 e. The van der Waals surface area contributed by atoms with Gasteiger partial charge in [-0.05, 0) is 55.0 Å². The van der Waals surface area contributed by atoms with Crippen LogP contribution in [0.15, 0.2) is 42.5 Å². The molecule has 3 heterocycles. The van der Waals surface area contributed by atoms with Gasteiger partial charge in [-0.15, -0.1) is 0 Å². The van der Waals surface area contributed by atoms with Crippen molar-refractivity contribution in [1.82, 2.24) is 15.5 Å². The van der Waals surface area contributed by atoms with Crippen molar-refractivity contribution in [3.8, 4) is 5.75 Å². The lowest BCUT2D eigenvalue weighted by Gasteiger charge is -2.34. The average molecular weight is 494 g/mol. The zero-order valence-electron chi connectivity index (χ0n) is 20.7. The molecule has 3 N–H and O–H groups in total. The molecule has 0 aromatic heterocycles. The number of carbonyl (C=O) groups is 2. The molecule has 8 nitrogen and oxygen atoms in total. The molecule has 0 aliphatic carbocycles. The minimum absolute atomic E-state index is 0.0927. The first-order chi connectivity index (χ1) is 17.5. The summed E-state index contributed by atoms with van der Waals surface area (Å²) in [6.45, 7) is 4.32. The van der Waals surface area contributed by atoms with E-state index >= 15 is 0 Å². The molecule has 0 saturated carbocycles. The molecule has 0 radical (unpaired) electrons. The topological polar surface area (TPSA) is 100 Å². The van der Waals surface area contributed by atoms with Crippen molar-refractivity contribution in [1.29, 1.82) is 0 Å². The molecule has 2 saturated heterocycles. The van der Waals surface area contributed by atoms with Crippen LogP contribution in [0.1, 0.15) is 46.8 Å². The highest BCUT2D eigenvalue weighted by Gasteiger charge is 2.40. The zero-order valence-corrected chi connectivity index (χ0v) is 20.7. The van der Waals surface area contributed by atoms with Crippen molar-refractivity contribution < 1.29 is 24.2 Å². The first-order valence-electron chi connectivity index (χ1n) is 12.9. The summed E-state index contributed by atoms with van der Waals surface area (Å²) in [6.07, 6.45) is 2.25. The molecule has 2 fully saturated rings. The molecule has 8 heteroatoms. The lowest BCUT2D eigenvalue weighted by Crippen LogP contribution is -2.49. The third-order valence-corrected chi connectivity index (χ3v) is 7.52. The molecule has 3 unspecified atom stereocenters. The van der Waals surface area contributed by atoms with E-state index in [1.54, 1.807) is 12.1 Å². The normalized spacial score (nSPS) is 23.6. The summed E-state index contributed by atoms with van der Waals surface area (Å²) < 4.78 is 11.4. The molecule has 2 aromatic rings. The van der Waals surface area contributed by atoms with Crippen molar-refractivity contribution in [2.75, 3.05) is 26.4 Å². The molecule has 2 aromatic carbocycles. The maximum atomic E-state index is 13.0. The number of aliphatic hydroxyl groups is 1. The number of hydrogen-bond donors (Lipinski definition) is 3. The number of ether oxygens (including phenoxy) is 2. The van der Waals surface area contributed by atoms with Crippen LogP contribution in [-0.4, -0.2) is 72.4 Å². The number of hydrogen-bond acceptors (Lipinski definition) is 6. The molecular weight excluding hydrogens is 458 g/mol. The number of carbonyl (C=O) groups excluding carboxylic acids is 2. The number of amides is 2. The van der Waals surface area contributed by atoms with Crippen LogP contribution in [0.25, 0.3) is 0 Å². The van der Waals surface area contributed by atoms with Crippen LogP contribution in [0.3, 0.4) is 0 Å². The first kappa shape index (κ1) is 24.7. The fraction of sp³-hybridized carbons (Fsp3) is 0.500. The van der Waals surface area contributed by atoms with Crippen molar-refractivity contribution in [2.24, 2.45) is 0 Å². The minimum Gasteiger partial charge on any atom is -0.493 e. The SMILES string of the molecule is CCOc1cc(CC(=O)N2C3CCC2COC3)ccc1C(=O)NCC(O)[C@@H]1Cc2ccccc2CN1. The second-order valence-corrected chi connectivity index (χ2v) is 9.90. The Bertz CT molecular complexity index is 1090. The van der Waals surface area contributed by atoms with Gasteiger partial charge in [-0.3, -0.25) is 9.59 Å². The Morgan fingerprint density at radius 3 is 2.67 bits per heavy atom. The van der Waals surface area contributed by atoms with Crippen LogP contribution in [0.2, 0.25) is 0 Å². The van der Waals surface area contributed by atoms with Crippen molar-refractivity contribution >= 4 is 11.8 Å². The smallest absolute Gasteiger partial charge is 0.255 e. The van der Waals surface area contributed by atoms with Crippen molar-refractivity contribution in [2.45, 2.75) is 63.4 Å². The van der Waals surface area contributed by atoms with E-state index in [9.17, 15) is 14.7 Å². The lowest BCUT2D eigenvalue weighted by molar-refractivity contribution is -0.140. The van der Waals surface area contributed by atoms with E-state index in [1.807, 2.05) is 30.0 Å². The van der Waals surface area contributed by atoms with Gasteiger partial charge in [0.25, 0.3) is 5.91 Å². The molecule has 192 valence electrons. The molecule has 5 rings (SSSR count). The van der Waals surface area contributed by atoms with E-state index in [4.69, 9.17) is 9.47 Å². The number of benzene rings is 2. The van der Waals surface area contributed by atoms with Gasteiger partial charge < -0.3 is 30.1 Å². The van der Waals surface area contributed by atoms with E-state index in [-0.39, 0.29) is 42.9 Å². The van der Waals surface area contributed by atoms with Crippen LogP contribution < -0.4 is 15.4 Å². The highest BCUT2D eigenvalue weighted by molar-refractivity contribution is 5.97. The summed E-state index contributed by atoms with van der Waals surface area (Å²) in [6, 6.07) is 13.7. The van der Waals surface area contributed by atoms with Gasteiger partial charge in [-0.2, -0.15) is 0 Å². The third kappa shape index (κ3) is 5.26. The number of nitrogens with one attached hydrogen (secondary N) is 2. The van der Waals surface area contributed by atoms with Crippen molar-refractivity contribution in [3.05, 3.63) is 64.7 Å². The molecule has 2 bridgehead atoms. The highest BCUT2D eigenvalue weighted by Crippen LogP contribution is 2.30.